The van der Waals surface area contributed by atoms with Gasteiger partial charge in [-0.2, -0.15) is 5.10 Å². The molecule has 0 spiro atoms. The molecule has 4 fully saturated rings. The molecule has 0 aromatic rings. The van der Waals surface area contributed by atoms with Crippen LogP contribution in [0, 0.1) is 34.5 Å². The number of nitrogens with two attached hydrogens (primary N) is 1. The fourth-order valence-electron chi connectivity index (χ4n) is 7.22. The van der Waals surface area contributed by atoms with Gasteiger partial charge in [-0.25, -0.2) is 0 Å². The number of aliphatic hydroxyl groups is 1. The molecule has 0 aromatic heterocycles. The van der Waals surface area contributed by atoms with E-state index in [1.165, 1.54) is 37.8 Å². The van der Waals surface area contributed by atoms with Crippen LogP contribution >= 0.6 is 0 Å². The van der Waals surface area contributed by atoms with E-state index in [-0.39, 0.29) is 6.10 Å². The third-order valence-electron chi connectivity index (χ3n) is 8.28. The number of rotatable bonds is 0. The minimum absolute atomic E-state index is 0.0757. The van der Waals surface area contributed by atoms with Gasteiger partial charge in [-0.1, -0.05) is 20.3 Å². The zero-order valence-electron chi connectivity index (χ0n) is 14.2. The highest BCUT2D eigenvalue weighted by Crippen LogP contribution is 2.65. The summed E-state index contributed by atoms with van der Waals surface area (Å²) in [5.74, 6) is 8.82. The van der Waals surface area contributed by atoms with Gasteiger partial charge in [0.15, 0.2) is 0 Å². The van der Waals surface area contributed by atoms with Crippen molar-refractivity contribution in [2.24, 2.45) is 45.4 Å². The van der Waals surface area contributed by atoms with E-state index in [1.54, 1.807) is 0 Å². The van der Waals surface area contributed by atoms with E-state index < -0.39 is 0 Å². The molecule has 0 amide bonds. The summed E-state index contributed by atoms with van der Waals surface area (Å²) < 4.78 is 0. The van der Waals surface area contributed by atoms with Crippen LogP contribution in [0.2, 0.25) is 0 Å². The van der Waals surface area contributed by atoms with Crippen LogP contribution in [0.5, 0.6) is 0 Å². The lowest BCUT2D eigenvalue weighted by atomic mass is 9.44. The van der Waals surface area contributed by atoms with Crippen molar-refractivity contribution in [2.75, 3.05) is 0 Å². The van der Waals surface area contributed by atoms with E-state index in [0.29, 0.717) is 22.7 Å². The maximum atomic E-state index is 10.1. The molecule has 7 atom stereocenters. The molecule has 0 bridgehead atoms. The van der Waals surface area contributed by atoms with Gasteiger partial charge in [0.25, 0.3) is 0 Å². The summed E-state index contributed by atoms with van der Waals surface area (Å²) in [6, 6.07) is 0. The van der Waals surface area contributed by atoms with Crippen molar-refractivity contribution >= 4 is 5.71 Å². The lowest BCUT2D eigenvalue weighted by Crippen LogP contribution is -2.57. The Morgan fingerprint density at radius 3 is 2.73 bits per heavy atom. The monoisotopic (exact) mass is 304 g/mol. The van der Waals surface area contributed by atoms with Crippen LogP contribution in [0.15, 0.2) is 5.10 Å². The first-order valence-corrected chi connectivity index (χ1v) is 9.43. The van der Waals surface area contributed by atoms with Crippen molar-refractivity contribution in [1.29, 1.82) is 0 Å². The fourth-order valence-corrected chi connectivity index (χ4v) is 7.22. The van der Waals surface area contributed by atoms with Crippen LogP contribution in [-0.4, -0.2) is 16.9 Å². The van der Waals surface area contributed by atoms with Crippen molar-refractivity contribution in [3.8, 4) is 0 Å². The van der Waals surface area contributed by atoms with E-state index in [0.717, 1.165) is 37.5 Å². The quantitative estimate of drug-likeness (QED) is 0.529. The number of hydrogen-bond acceptors (Lipinski definition) is 3. The molecule has 22 heavy (non-hydrogen) atoms. The third kappa shape index (κ3) is 1.93. The highest BCUT2D eigenvalue weighted by atomic mass is 16.3. The van der Waals surface area contributed by atoms with Crippen molar-refractivity contribution in [1.82, 2.24) is 0 Å². The Kier molecular flexibility index (Phi) is 3.38. The van der Waals surface area contributed by atoms with Gasteiger partial charge in [-0.15, -0.1) is 0 Å². The molecule has 124 valence electrons. The van der Waals surface area contributed by atoms with Gasteiger partial charge in [0.2, 0.25) is 0 Å². The smallest absolute Gasteiger partial charge is 0.0543 e. The average Bonchev–Trinajstić information content (AvgIpc) is 2.88. The minimum Gasteiger partial charge on any atom is -0.393 e. The van der Waals surface area contributed by atoms with Crippen LogP contribution in [0.1, 0.15) is 71.6 Å². The maximum absolute atomic E-state index is 10.1. The van der Waals surface area contributed by atoms with Crippen LogP contribution in [0.25, 0.3) is 0 Å². The SMILES string of the molecule is C[C@]12CCC[C@@H]1[C@@H]1CC[C@H]3C[C@H](O)CC[C@@]3(C)[C@H]1/C(=N\N)C2. The summed E-state index contributed by atoms with van der Waals surface area (Å²) in [5.41, 5.74) is 2.09. The normalized spacial score (nSPS) is 56.3. The van der Waals surface area contributed by atoms with E-state index in [9.17, 15) is 5.11 Å². The molecule has 0 saturated heterocycles. The van der Waals surface area contributed by atoms with E-state index in [2.05, 4.69) is 18.9 Å². The molecule has 3 heteroatoms. The average molecular weight is 304 g/mol. The van der Waals surface area contributed by atoms with Gasteiger partial charge in [0.05, 0.1) is 6.10 Å². The van der Waals surface area contributed by atoms with E-state index in [1.807, 2.05) is 0 Å². The number of hydrogen-bond donors (Lipinski definition) is 2. The Morgan fingerprint density at radius 2 is 1.95 bits per heavy atom. The molecule has 0 aliphatic heterocycles. The summed E-state index contributed by atoms with van der Waals surface area (Å²) in [6.45, 7) is 4.98. The van der Waals surface area contributed by atoms with Crippen LogP contribution < -0.4 is 5.84 Å². The molecule has 3 N–H and O–H groups in total. The van der Waals surface area contributed by atoms with Gasteiger partial charge in [0.1, 0.15) is 0 Å². The lowest BCUT2D eigenvalue weighted by molar-refractivity contribution is -0.0788. The zero-order chi connectivity index (χ0) is 15.5. The number of aliphatic hydroxyl groups excluding tert-OH is 1. The standard InChI is InChI=1S/C19H32N2O/c1-18-8-3-4-15(18)14-6-5-12-10-13(22)7-9-19(12,2)17(14)16(11-18)21-20/h12-15,17,22H,3-11,20H2,1-2H3/b21-16-/t12-,13+,14-,15+,17+,18+,19+/m0/s1. The van der Waals surface area contributed by atoms with Crippen LogP contribution in [0.4, 0.5) is 0 Å². The van der Waals surface area contributed by atoms with Gasteiger partial charge in [-0.05, 0) is 80.0 Å². The highest BCUT2D eigenvalue weighted by Gasteiger charge is 2.60. The number of nitrogens with zero attached hydrogens (tertiary/aromatic N) is 1. The summed E-state index contributed by atoms with van der Waals surface area (Å²) in [7, 11) is 0. The second-order valence-electron chi connectivity index (χ2n) is 9.30. The Labute approximate surface area is 134 Å². The van der Waals surface area contributed by atoms with Crippen molar-refractivity contribution in [3.63, 3.8) is 0 Å². The molecular weight excluding hydrogens is 272 g/mol. The first-order valence-electron chi connectivity index (χ1n) is 9.43. The molecule has 4 saturated carbocycles. The molecule has 4 aliphatic rings. The first kappa shape index (κ1) is 15.0. The Balaban J connectivity index is 1.72. The minimum atomic E-state index is -0.0757. The van der Waals surface area contributed by atoms with E-state index in [4.69, 9.17) is 5.84 Å². The largest absolute Gasteiger partial charge is 0.393 e. The summed E-state index contributed by atoms with van der Waals surface area (Å²) >= 11 is 0. The molecule has 0 radical (unpaired) electrons. The lowest BCUT2D eigenvalue weighted by Gasteiger charge is -2.60. The Hall–Kier alpha value is -0.570. The predicted molar refractivity (Wildman–Crippen MR) is 89.4 cm³/mol. The molecular formula is C19H32N2O. The number of hydrazone groups is 1. The van der Waals surface area contributed by atoms with Gasteiger partial charge < -0.3 is 10.9 Å². The summed E-state index contributed by atoms with van der Waals surface area (Å²) in [5, 5.41) is 14.5. The predicted octanol–water partition coefficient (Wildman–Crippen LogP) is 3.70. The molecule has 0 aromatic carbocycles. The third-order valence-corrected chi connectivity index (χ3v) is 8.28. The molecule has 4 rings (SSSR count). The first-order chi connectivity index (χ1) is 10.5. The fraction of sp³-hybridized carbons (Fsp3) is 0.947. The molecule has 0 unspecified atom stereocenters. The van der Waals surface area contributed by atoms with Crippen molar-refractivity contribution in [3.05, 3.63) is 0 Å². The second-order valence-corrected chi connectivity index (χ2v) is 9.30. The summed E-state index contributed by atoms with van der Waals surface area (Å²) in [6.07, 6.45) is 11.0. The molecule has 3 nitrogen and oxygen atoms in total. The van der Waals surface area contributed by atoms with Gasteiger partial charge in [0, 0.05) is 11.6 Å². The van der Waals surface area contributed by atoms with Crippen LogP contribution in [-0.2, 0) is 0 Å². The van der Waals surface area contributed by atoms with Crippen LogP contribution in [0.3, 0.4) is 0 Å². The topological polar surface area (TPSA) is 58.6 Å². The van der Waals surface area contributed by atoms with Gasteiger partial charge in [-0.3, -0.25) is 0 Å². The Morgan fingerprint density at radius 1 is 1.14 bits per heavy atom. The molecule has 0 heterocycles. The summed E-state index contributed by atoms with van der Waals surface area (Å²) in [4.78, 5) is 0. The maximum Gasteiger partial charge on any atom is 0.0543 e. The van der Waals surface area contributed by atoms with Crippen molar-refractivity contribution in [2.45, 2.75) is 77.7 Å². The van der Waals surface area contributed by atoms with Gasteiger partial charge >= 0.3 is 0 Å². The van der Waals surface area contributed by atoms with Crippen molar-refractivity contribution < 1.29 is 5.11 Å². The zero-order valence-corrected chi connectivity index (χ0v) is 14.2. The molecule has 4 aliphatic carbocycles. The second kappa shape index (κ2) is 4.96. The number of fused-ring (bicyclic) bond motifs is 5. The van der Waals surface area contributed by atoms with E-state index >= 15 is 0 Å². The Bertz CT molecular complexity index is 490. The highest BCUT2D eigenvalue weighted by molar-refractivity contribution is 5.89.